The highest BCUT2D eigenvalue weighted by molar-refractivity contribution is 6.10. The average molecular weight is 534 g/mol. The fourth-order valence-corrected chi connectivity index (χ4v) is 5.98. The van der Waals surface area contributed by atoms with E-state index < -0.39 is 23.2 Å². The van der Waals surface area contributed by atoms with Crippen molar-refractivity contribution in [3.63, 3.8) is 0 Å². The molecular formula is C31H24FN5O3. The van der Waals surface area contributed by atoms with Crippen molar-refractivity contribution >= 4 is 38.7 Å². The summed E-state index contributed by atoms with van der Waals surface area (Å²) in [5.41, 5.74) is 3.35. The van der Waals surface area contributed by atoms with E-state index in [2.05, 4.69) is 5.32 Å². The van der Waals surface area contributed by atoms with E-state index in [0.29, 0.717) is 45.3 Å². The number of hydrogen-bond acceptors (Lipinski definition) is 6. The van der Waals surface area contributed by atoms with Gasteiger partial charge in [0.15, 0.2) is 0 Å². The van der Waals surface area contributed by atoms with Gasteiger partial charge in [0.25, 0.3) is 5.56 Å². The first-order valence-corrected chi connectivity index (χ1v) is 13.0. The third kappa shape index (κ3) is 3.44. The molecule has 198 valence electrons. The van der Waals surface area contributed by atoms with Gasteiger partial charge >= 0.3 is 5.69 Å². The van der Waals surface area contributed by atoms with E-state index in [1.54, 1.807) is 19.2 Å². The molecule has 2 unspecified atom stereocenters. The summed E-state index contributed by atoms with van der Waals surface area (Å²) in [7, 11) is 3.05. The molecule has 1 aliphatic heterocycles. The molecular weight excluding hydrogens is 509 g/mol. The number of anilines is 1. The van der Waals surface area contributed by atoms with Gasteiger partial charge in [-0.1, -0.05) is 48.5 Å². The number of aromatic nitrogens is 4. The zero-order valence-corrected chi connectivity index (χ0v) is 21.7. The van der Waals surface area contributed by atoms with Gasteiger partial charge in [0, 0.05) is 36.3 Å². The molecule has 2 atom stereocenters. The predicted octanol–water partition coefficient (Wildman–Crippen LogP) is 4.87. The molecule has 6 aromatic rings. The number of benzene rings is 4. The second-order valence-corrected chi connectivity index (χ2v) is 10.2. The second kappa shape index (κ2) is 8.74. The summed E-state index contributed by atoms with van der Waals surface area (Å²) in [6, 6.07) is 20.5. The van der Waals surface area contributed by atoms with Gasteiger partial charge in [0.1, 0.15) is 17.4 Å². The number of fused-ring (bicyclic) bond motifs is 5. The number of nitrogens with zero attached hydrogens (tertiary/aromatic N) is 4. The van der Waals surface area contributed by atoms with Crippen molar-refractivity contribution in [3.05, 3.63) is 116 Å². The Kier molecular flexibility index (Phi) is 5.25. The molecule has 3 heterocycles. The maximum absolute atomic E-state index is 13.9. The first-order chi connectivity index (χ1) is 19.3. The standard InChI is InChI=1S/C31H24FN5O3/c1-36-29-24(30(39)37(2)31(36)40)20(16-11-13-17(32)14-12-16)15-23(35-29)25-27-26(18-7-3-4-8-19(18)28(25)38)33-21-9-5-6-10-22(21)34-27/h3-14,20,23,35,38H,15H2,1-2H3. The fraction of sp³-hybridized carbons (Fsp3) is 0.161. The third-order valence-corrected chi connectivity index (χ3v) is 7.97. The van der Waals surface area contributed by atoms with Crippen LogP contribution in [0.2, 0.25) is 0 Å². The molecule has 1 aliphatic rings. The van der Waals surface area contributed by atoms with Gasteiger partial charge in [-0.25, -0.2) is 19.2 Å². The van der Waals surface area contributed by atoms with Gasteiger partial charge in [0.05, 0.1) is 33.7 Å². The lowest BCUT2D eigenvalue weighted by molar-refractivity contribution is 0.463. The van der Waals surface area contributed by atoms with Crippen molar-refractivity contribution in [1.29, 1.82) is 0 Å². The van der Waals surface area contributed by atoms with E-state index in [0.717, 1.165) is 21.0 Å². The highest BCUT2D eigenvalue weighted by Gasteiger charge is 2.36. The number of rotatable bonds is 2. The molecule has 7 rings (SSSR count). The van der Waals surface area contributed by atoms with E-state index >= 15 is 0 Å². The van der Waals surface area contributed by atoms with Gasteiger partial charge in [-0.15, -0.1) is 0 Å². The molecule has 2 aromatic heterocycles. The number of phenols is 1. The zero-order chi connectivity index (χ0) is 27.7. The lowest BCUT2D eigenvalue weighted by Gasteiger charge is -2.35. The predicted molar refractivity (Wildman–Crippen MR) is 152 cm³/mol. The Bertz CT molecular complexity index is 2120. The van der Waals surface area contributed by atoms with Crippen molar-refractivity contribution in [1.82, 2.24) is 19.1 Å². The molecule has 8 nitrogen and oxygen atoms in total. The van der Waals surface area contributed by atoms with Crippen LogP contribution in [0.1, 0.15) is 35.1 Å². The fourth-order valence-electron chi connectivity index (χ4n) is 5.98. The van der Waals surface area contributed by atoms with Crippen LogP contribution in [-0.2, 0) is 14.1 Å². The Morgan fingerprint density at radius 3 is 2.15 bits per heavy atom. The van der Waals surface area contributed by atoms with Crippen LogP contribution in [0.4, 0.5) is 10.2 Å². The summed E-state index contributed by atoms with van der Waals surface area (Å²) in [5, 5.41) is 16.5. The van der Waals surface area contributed by atoms with Crippen LogP contribution < -0.4 is 16.6 Å². The molecule has 0 saturated carbocycles. The summed E-state index contributed by atoms with van der Waals surface area (Å²) in [5.74, 6) is -0.460. The first-order valence-electron chi connectivity index (χ1n) is 13.0. The number of aromatic hydroxyl groups is 1. The van der Waals surface area contributed by atoms with Crippen molar-refractivity contribution in [2.24, 2.45) is 14.1 Å². The normalized spacial score (nSPS) is 16.8. The molecule has 4 aromatic carbocycles. The van der Waals surface area contributed by atoms with E-state index in [4.69, 9.17) is 9.97 Å². The van der Waals surface area contributed by atoms with Gasteiger partial charge in [-0.05, 0) is 36.2 Å². The van der Waals surface area contributed by atoms with Gasteiger partial charge in [-0.3, -0.25) is 13.9 Å². The molecule has 40 heavy (non-hydrogen) atoms. The van der Waals surface area contributed by atoms with Crippen molar-refractivity contribution in [2.45, 2.75) is 18.4 Å². The summed E-state index contributed by atoms with van der Waals surface area (Å²) < 4.78 is 16.4. The van der Waals surface area contributed by atoms with Gasteiger partial charge in [-0.2, -0.15) is 0 Å². The lowest BCUT2D eigenvalue weighted by atomic mass is 9.80. The maximum Gasteiger partial charge on any atom is 0.332 e. The summed E-state index contributed by atoms with van der Waals surface area (Å²) >= 11 is 0. The topological polar surface area (TPSA) is 102 Å². The lowest BCUT2D eigenvalue weighted by Crippen LogP contribution is -2.43. The molecule has 0 saturated heterocycles. The third-order valence-electron chi connectivity index (χ3n) is 7.97. The molecule has 0 aliphatic carbocycles. The highest BCUT2D eigenvalue weighted by Crippen LogP contribution is 2.47. The number of hydrogen-bond donors (Lipinski definition) is 2. The minimum Gasteiger partial charge on any atom is -0.507 e. The Balaban J connectivity index is 1.55. The molecule has 2 N–H and O–H groups in total. The van der Waals surface area contributed by atoms with E-state index in [1.165, 1.54) is 23.7 Å². The van der Waals surface area contributed by atoms with Gasteiger partial charge < -0.3 is 10.4 Å². The van der Waals surface area contributed by atoms with Crippen LogP contribution in [0.25, 0.3) is 32.8 Å². The molecule has 0 bridgehead atoms. The number of para-hydroxylation sites is 2. The molecule has 0 fully saturated rings. The summed E-state index contributed by atoms with van der Waals surface area (Å²) in [4.78, 5) is 36.3. The summed E-state index contributed by atoms with van der Waals surface area (Å²) in [6.07, 6.45) is 0.349. The molecule has 0 radical (unpaired) electrons. The Hall–Kier alpha value is -5.05. The zero-order valence-electron chi connectivity index (χ0n) is 21.7. The van der Waals surface area contributed by atoms with Crippen molar-refractivity contribution in [2.75, 3.05) is 5.32 Å². The van der Waals surface area contributed by atoms with Crippen molar-refractivity contribution in [3.8, 4) is 5.75 Å². The minimum atomic E-state index is -0.553. The quantitative estimate of drug-likeness (QED) is 0.243. The van der Waals surface area contributed by atoms with E-state index in [9.17, 15) is 19.1 Å². The number of halogens is 1. The van der Waals surface area contributed by atoms with Crippen LogP contribution in [0.3, 0.4) is 0 Å². The molecule has 0 spiro atoms. The molecule has 0 amide bonds. The highest BCUT2D eigenvalue weighted by atomic mass is 19.1. The summed E-state index contributed by atoms with van der Waals surface area (Å²) in [6.45, 7) is 0. The van der Waals surface area contributed by atoms with Crippen LogP contribution >= 0.6 is 0 Å². The van der Waals surface area contributed by atoms with E-state index in [-0.39, 0.29) is 11.6 Å². The maximum atomic E-state index is 13.9. The van der Waals surface area contributed by atoms with E-state index in [1.807, 2.05) is 48.5 Å². The second-order valence-electron chi connectivity index (χ2n) is 10.2. The SMILES string of the molecule is Cn1c2c(c(=O)n(C)c1=O)C(c1ccc(F)cc1)CC(c1c(O)c3ccccc3c3nc4ccccc4nc13)N2. The Morgan fingerprint density at radius 1 is 0.825 bits per heavy atom. The van der Waals surface area contributed by atoms with Crippen LogP contribution in [0, 0.1) is 5.82 Å². The first kappa shape index (κ1) is 24.0. The monoisotopic (exact) mass is 533 g/mol. The smallest absolute Gasteiger partial charge is 0.332 e. The van der Waals surface area contributed by atoms with Crippen LogP contribution in [0.5, 0.6) is 5.75 Å². The minimum absolute atomic E-state index is 0.0559. The Labute approximate surface area is 227 Å². The number of phenolic OH excluding ortho intramolecular Hbond substituents is 1. The van der Waals surface area contributed by atoms with Crippen LogP contribution in [0.15, 0.2) is 82.4 Å². The number of nitrogens with one attached hydrogen (secondary N) is 1. The van der Waals surface area contributed by atoms with Gasteiger partial charge in [0.2, 0.25) is 0 Å². The van der Waals surface area contributed by atoms with Crippen LogP contribution in [-0.4, -0.2) is 24.2 Å². The largest absolute Gasteiger partial charge is 0.507 e. The Morgan fingerprint density at radius 2 is 1.45 bits per heavy atom. The molecule has 9 heteroatoms. The van der Waals surface area contributed by atoms with Crippen molar-refractivity contribution < 1.29 is 9.50 Å². The average Bonchev–Trinajstić information content (AvgIpc) is 2.98.